The summed E-state index contributed by atoms with van der Waals surface area (Å²) in [5.41, 5.74) is -0.724. The van der Waals surface area contributed by atoms with Crippen LogP contribution in [0.3, 0.4) is 0 Å². The number of benzene rings is 1. The highest BCUT2D eigenvalue weighted by Crippen LogP contribution is 2.33. The molecule has 1 aromatic carbocycles. The zero-order chi connectivity index (χ0) is 10.1. The number of alkyl halides is 3. The van der Waals surface area contributed by atoms with Crippen molar-refractivity contribution in [2.45, 2.75) is 11.1 Å². The third-order valence-electron chi connectivity index (χ3n) is 1.51. The van der Waals surface area contributed by atoms with Crippen LogP contribution < -0.4 is 4.74 Å². The first-order valence-corrected chi connectivity index (χ1v) is 3.84. The third kappa shape index (κ3) is 2.30. The Bertz CT molecular complexity index is 309. The summed E-state index contributed by atoms with van der Waals surface area (Å²) >= 11 is 3.85. The largest absolute Gasteiger partial charge is 0.496 e. The molecular formula is C8H7F3OS. The second-order valence-electron chi connectivity index (χ2n) is 2.38. The van der Waals surface area contributed by atoms with Gasteiger partial charge in [0.05, 0.1) is 12.7 Å². The number of hydrogen-bond donors (Lipinski definition) is 1. The van der Waals surface area contributed by atoms with Crippen LogP contribution in [0.25, 0.3) is 0 Å². The molecule has 5 heteroatoms. The van der Waals surface area contributed by atoms with E-state index in [0.29, 0.717) is 5.75 Å². The Morgan fingerprint density at radius 3 is 2.31 bits per heavy atom. The molecule has 1 rings (SSSR count). The minimum Gasteiger partial charge on any atom is -0.496 e. The van der Waals surface area contributed by atoms with Gasteiger partial charge >= 0.3 is 6.18 Å². The molecule has 0 saturated carbocycles. The summed E-state index contributed by atoms with van der Waals surface area (Å²) in [5, 5.41) is 0. The molecule has 13 heavy (non-hydrogen) atoms. The van der Waals surface area contributed by atoms with E-state index in [-0.39, 0.29) is 4.90 Å². The van der Waals surface area contributed by atoms with E-state index in [1.165, 1.54) is 13.2 Å². The van der Waals surface area contributed by atoms with Gasteiger partial charge in [-0.25, -0.2) is 0 Å². The molecule has 0 saturated heterocycles. The molecule has 72 valence electrons. The first-order valence-electron chi connectivity index (χ1n) is 3.39. The maximum atomic E-state index is 12.1. The second kappa shape index (κ2) is 3.49. The average Bonchev–Trinajstić information content (AvgIpc) is 2.02. The van der Waals surface area contributed by atoms with Gasteiger partial charge in [-0.3, -0.25) is 0 Å². The fraction of sp³-hybridized carbons (Fsp3) is 0.250. The van der Waals surface area contributed by atoms with Crippen LogP contribution in [0.15, 0.2) is 23.1 Å². The molecule has 0 unspecified atom stereocenters. The molecule has 0 radical (unpaired) electrons. The molecule has 0 aromatic heterocycles. The van der Waals surface area contributed by atoms with Crippen molar-refractivity contribution in [2.75, 3.05) is 7.11 Å². The Morgan fingerprint density at radius 2 is 1.92 bits per heavy atom. The summed E-state index contributed by atoms with van der Waals surface area (Å²) in [6.07, 6.45) is -4.33. The minimum atomic E-state index is -4.33. The van der Waals surface area contributed by atoms with Crippen molar-refractivity contribution >= 4 is 12.6 Å². The van der Waals surface area contributed by atoms with E-state index in [1.54, 1.807) is 0 Å². The topological polar surface area (TPSA) is 9.23 Å². The van der Waals surface area contributed by atoms with Crippen LogP contribution in [0, 0.1) is 0 Å². The Balaban J connectivity index is 3.10. The molecule has 0 bridgehead atoms. The van der Waals surface area contributed by atoms with Gasteiger partial charge in [-0.15, -0.1) is 12.6 Å². The number of halogens is 3. The van der Waals surface area contributed by atoms with Crippen molar-refractivity contribution in [1.82, 2.24) is 0 Å². The van der Waals surface area contributed by atoms with Gasteiger partial charge in [0.25, 0.3) is 0 Å². The summed E-state index contributed by atoms with van der Waals surface area (Å²) in [5.74, 6) is 0.330. The van der Waals surface area contributed by atoms with Gasteiger partial charge < -0.3 is 4.74 Å². The van der Waals surface area contributed by atoms with E-state index in [0.717, 1.165) is 12.1 Å². The standard InChI is InChI=1S/C8H7F3OS/c1-12-6-3-2-5(4-7(6)13)8(9,10)11/h2-4,13H,1H3. The van der Waals surface area contributed by atoms with Gasteiger partial charge in [0.2, 0.25) is 0 Å². The van der Waals surface area contributed by atoms with Crippen molar-refractivity contribution < 1.29 is 17.9 Å². The molecule has 0 spiro atoms. The van der Waals surface area contributed by atoms with Crippen LogP contribution in [-0.4, -0.2) is 7.11 Å². The van der Waals surface area contributed by atoms with Crippen molar-refractivity contribution in [1.29, 1.82) is 0 Å². The smallest absolute Gasteiger partial charge is 0.416 e. The SMILES string of the molecule is COc1ccc(C(F)(F)F)cc1S. The predicted molar refractivity (Wildman–Crippen MR) is 45.2 cm³/mol. The fourth-order valence-electron chi connectivity index (χ4n) is 0.866. The summed E-state index contributed by atoms with van der Waals surface area (Å²) in [6.45, 7) is 0. The molecule has 0 aliphatic heterocycles. The lowest BCUT2D eigenvalue weighted by Gasteiger charge is -2.09. The highest BCUT2D eigenvalue weighted by Gasteiger charge is 2.30. The Morgan fingerprint density at radius 1 is 1.31 bits per heavy atom. The van der Waals surface area contributed by atoms with Crippen molar-refractivity contribution in [3.8, 4) is 5.75 Å². The maximum Gasteiger partial charge on any atom is 0.416 e. The van der Waals surface area contributed by atoms with Crippen LogP contribution in [0.1, 0.15) is 5.56 Å². The van der Waals surface area contributed by atoms with Gasteiger partial charge in [-0.1, -0.05) is 0 Å². The molecule has 0 N–H and O–H groups in total. The molecular weight excluding hydrogens is 201 g/mol. The van der Waals surface area contributed by atoms with E-state index in [4.69, 9.17) is 4.74 Å². The third-order valence-corrected chi connectivity index (χ3v) is 1.86. The zero-order valence-corrected chi connectivity index (χ0v) is 7.62. The first-order chi connectivity index (χ1) is 5.95. The second-order valence-corrected chi connectivity index (χ2v) is 2.87. The Kier molecular flexibility index (Phi) is 2.75. The molecule has 0 atom stereocenters. The lowest BCUT2D eigenvalue weighted by atomic mass is 10.2. The fourth-order valence-corrected chi connectivity index (χ4v) is 1.17. The van der Waals surface area contributed by atoms with Crippen LogP contribution in [0.4, 0.5) is 13.2 Å². The number of rotatable bonds is 1. The molecule has 1 aromatic rings. The molecule has 0 fully saturated rings. The number of ether oxygens (including phenoxy) is 1. The minimum absolute atomic E-state index is 0.178. The summed E-state index contributed by atoms with van der Waals surface area (Å²) in [4.78, 5) is 0.178. The zero-order valence-electron chi connectivity index (χ0n) is 6.72. The van der Waals surface area contributed by atoms with Crippen LogP contribution in [-0.2, 0) is 6.18 Å². The van der Waals surface area contributed by atoms with Crippen LogP contribution >= 0.6 is 12.6 Å². The average molecular weight is 208 g/mol. The Hall–Kier alpha value is -0.840. The normalized spacial score (nSPS) is 11.5. The molecule has 0 aliphatic carbocycles. The van der Waals surface area contributed by atoms with Gasteiger partial charge in [0, 0.05) is 4.90 Å². The summed E-state index contributed by atoms with van der Waals surface area (Å²) in [7, 11) is 1.38. The quantitative estimate of drug-likeness (QED) is 0.698. The molecule has 1 nitrogen and oxygen atoms in total. The van der Waals surface area contributed by atoms with Crippen molar-refractivity contribution in [3.05, 3.63) is 23.8 Å². The number of thiol groups is 1. The summed E-state index contributed by atoms with van der Waals surface area (Å²) in [6, 6.07) is 3.13. The van der Waals surface area contributed by atoms with Gasteiger partial charge in [0.15, 0.2) is 0 Å². The molecule has 0 amide bonds. The number of hydrogen-bond acceptors (Lipinski definition) is 2. The van der Waals surface area contributed by atoms with Gasteiger partial charge in [-0.2, -0.15) is 13.2 Å². The predicted octanol–water partition coefficient (Wildman–Crippen LogP) is 3.00. The van der Waals surface area contributed by atoms with Gasteiger partial charge in [-0.05, 0) is 18.2 Å². The van der Waals surface area contributed by atoms with Crippen molar-refractivity contribution in [2.24, 2.45) is 0 Å². The number of methoxy groups -OCH3 is 1. The van der Waals surface area contributed by atoms with Crippen LogP contribution in [0.5, 0.6) is 5.75 Å². The van der Waals surface area contributed by atoms with Gasteiger partial charge in [0.1, 0.15) is 5.75 Å². The van der Waals surface area contributed by atoms with E-state index >= 15 is 0 Å². The summed E-state index contributed by atoms with van der Waals surface area (Å²) < 4.78 is 41.2. The van der Waals surface area contributed by atoms with Crippen molar-refractivity contribution in [3.63, 3.8) is 0 Å². The van der Waals surface area contributed by atoms with E-state index in [1.807, 2.05) is 0 Å². The first kappa shape index (κ1) is 10.2. The lowest BCUT2D eigenvalue weighted by molar-refractivity contribution is -0.137. The molecule has 0 heterocycles. The van der Waals surface area contributed by atoms with Crippen LogP contribution in [0.2, 0.25) is 0 Å². The lowest BCUT2D eigenvalue weighted by Crippen LogP contribution is -2.04. The monoisotopic (exact) mass is 208 g/mol. The van der Waals surface area contributed by atoms with E-state index in [9.17, 15) is 13.2 Å². The molecule has 0 aliphatic rings. The highest BCUT2D eigenvalue weighted by molar-refractivity contribution is 7.80. The highest BCUT2D eigenvalue weighted by atomic mass is 32.1. The maximum absolute atomic E-state index is 12.1. The van der Waals surface area contributed by atoms with E-state index < -0.39 is 11.7 Å². The Labute approximate surface area is 78.9 Å². The van der Waals surface area contributed by atoms with E-state index in [2.05, 4.69) is 12.6 Å².